The third kappa shape index (κ3) is 3.80. The van der Waals surface area contributed by atoms with Gasteiger partial charge in [-0.2, -0.15) is 0 Å². The molecule has 1 N–H and O–H groups in total. The predicted octanol–water partition coefficient (Wildman–Crippen LogP) is 2.59. The van der Waals surface area contributed by atoms with Crippen LogP contribution in [-0.2, 0) is 11.3 Å². The summed E-state index contributed by atoms with van der Waals surface area (Å²) >= 11 is 0. The summed E-state index contributed by atoms with van der Waals surface area (Å²) in [5.74, 6) is -0.215. The highest BCUT2D eigenvalue weighted by Crippen LogP contribution is 2.29. The maximum atomic E-state index is 12.7. The van der Waals surface area contributed by atoms with Gasteiger partial charge in [-0.25, -0.2) is 0 Å². The quantitative estimate of drug-likeness (QED) is 0.892. The molecule has 23 heavy (non-hydrogen) atoms. The van der Waals surface area contributed by atoms with Crippen LogP contribution in [0, 0.1) is 0 Å². The van der Waals surface area contributed by atoms with Crippen LogP contribution in [0.3, 0.4) is 0 Å². The first-order valence-corrected chi connectivity index (χ1v) is 7.84. The Bertz CT molecular complexity index is 663. The van der Waals surface area contributed by atoms with Crippen LogP contribution < -0.4 is 5.32 Å². The van der Waals surface area contributed by atoms with Gasteiger partial charge in [-0.1, -0.05) is 30.3 Å². The summed E-state index contributed by atoms with van der Waals surface area (Å²) in [6, 6.07) is 12.8. The third-order valence-corrected chi connectivity index (χ3v) is 3.93. The van der Waals surface area contributed by atoms with Crippen molar-refractivity contribution in [2.24, 2.45) is 0 Å². The first kappa shape index (κ1) is 15.3. The standard InChI is InChI=1S/C18H20N2O3/c1-13(19-17(21)16-8-5-11-23-16)18(22)20(15-9-10-15)12-14-6-3-2-4-7-14/h2-8,11,13,15H,9-10,12H2,1H3,(H,19,21). The Hall–Kier alpha value is -2.56. The van der Waals surface area contributed by atoms with Crippen molar-refractivity contribution in [2.45, 2.75) is 38.4 Å². The Balaban J connectivity index is 1.65. The molecular formula is C18H20N2O3. The number of nitrogens with zero attached hydrogens (tertiary/aromatic N) is 1. The van der Waals surface area contributed by atoms with E-state index in [2.05, 4.69) is 5.32 Å². The summed E-state index contributed by atoms with van der Waals surface area (Å²) in [5, 5.41) is 2.71. The second kappa shape index (κ2) is 6.69. The Labute approximate surface area is 135 Å². The first-order chi connectivity index (χ1) is 11.1. The lowest BCUT2D eigenvalue weighted by Crippen LogP contribution is -2.47. The SMILES string of the molecule is CC(NC(=O)c1ccco1)C(=O)N(Cc1ccccc1)C1CC1. The zero-order valence-electron chi connectivity index (χ0n) is 13.1. The molecule has 1 aliphatic carbocycles. The molecule has 3 rings (SSSR count). The molecule has 2 amide bonds. The third-order valence-electron chi connectivity index (χ3n) is 3.93. The molecule has 120 valence electrons. The van der Waals surface area contributed by atoms with Crippen LogP contribution in [0.15, 0.2) is 53.1 Å². The number of carbonyl (C=O) groups is 2. The average molecular weight is 312 g/mol. The molecule has 0 saturated heterocycles. The summed E-state index contributed by atoms with van der Waals surface area (Å²) < 4.78 is 5.05. The molecule has 2 aromatic rings. The van der Waals surface area contributed by atoms with Gasteiger partial charge in [-0.3, -0.25) is 9.59 Å². The van der Waals surface area contributed by atoms with Crippen LogP contribution in [0.5, 0.6) is 0 Å². The van der Waals surface area contributed by atoms with Crippen LogP contribution in [0.25, 0.3) is 0 Å². The van der Waals surface area contributed by atoms with Crippen LogP contribution in [-0.4, -0.2) is 28.8 Å². The fourth-order valence-electron chi connectivity index (χ4n) is 2.54. The maximum absolute atomic E-state index is 12.7. The summed E-state index contributed by atoms with van der Waals surface area (Å²) in [5.41, 5.74) is 1.09. The smallest absolute Gasteiger partial charge is 0.287 e. The molecule has 1 saturated carbocycles. The number of hydrogen-bond donors (Lipinski definition) is 1. The van der Waals surface area contributed by atoms with E-state index in [0.29, 0.717) is 6.54 Å². The molecule has 1 aromatic carbocycles. The van der Waals surface area contributed by atoms with Crippen LogP contribution in [0.1, 0.15) is 35.9 Å². The maximum Gasteiger partial charge on any atom is 0.287 e. The zero-order valence-corrected chi connectivity index (χ0v) is 13.1. The highest BCUT2D eigenvalue weighted by Gasteiger charge is 2.35. The van der Waals surface area contributed by atoms with Crippen molar-refractivity contribution >= 4 is 11.8 Å². The normalized spacial score (nSPS) is 15.0. The second-order valence-electron chi connectivity index (χ2n) is 5.86. The molecule has 5 nitrogen and oxygen atoms in total. The highest BCUT2D eigenvalue weighted by atomic mass is 16.3. The number of rotatable bonds is 6. The van der Waals surface area contributed by atoms with E-state index in [4.69, 9.17) is 4.42 Å². The van der Waals surface area contributed by atoms with Crippen molar-refractivity contribution in [1.29, 1.82) is 0 Å². The van der Waals surface area contributed by atoms with Gasteiger partial charge in [0.15, 0.2) is 5.76 Å². The van der Waals surface area contributed by atoms with E-state index in [0.717, 1.165) is 18.4 Å². The van der Waals surface area contributed by atoms with E-state index >= 15 is 0 Å². The van der Waals surface area contributed by atoms with Gasteiger partial charge in [0.1, 0.15) is 6.04 Å². The summed E-state index contributed by atoms with van der Waals surface area (Å²) in [4.78, 5) is 26.6. The molecule has 0 aliphatic heterocycles. The van der Waals surface area contributed by atoms with Crippen LogP contribution >= 0.6 is 0 Å². The van der Waals surface area contributed by atoms with Crippen LogP contribution in [0.2, 0.25) is 0 Å². The molecule has 1 heterocycles. The summed E-state index contributed by atoms with van der Waals surface area (Å²) in [6.45, 7) is 2.29. The molecule has 1 aromatic heterocycles. The summed E-state index contributed by atoms with van der Waals surface area (Å²) in [6.07, 6.45) is 3.49. The lowest BCUT2D eigenvalue weighted by Gasteiger charge is -2.26. The number of furan rings is 1. The number of benzene rings is 1. The van der Waals surface area contributed by atoms with Gasteiger partial charge >= 0.3 is 0 Å². The fraction of sp³-hybridized carbons (Fsp3) is 0.333. The lowest BCUT2D eigenvalue weighted by atomic mass is 10.2. The van der Waals surface area contributed by atoms with Gasteiger partial charge < -0.3 is 14.6 Å². The van der Waals surface area contributed by atoms with E-state index in [1.54, 1.807) is 19.1 Å². The van der Waals surface area contributed by atoms with Gasteiger partial charge in [0.25, 0.3) is 5.91 Å². The topological polar surface area (TPSA) is 62.6 Å². The zero-order chi connectivity index (χ0) is 16.2. The molecule has 1 atom stereocenters. The van der Waals surface area contributed by atoms with Crippen molar-refractivity contribution in [3.8, 4) is 0 Å². The minimum atomic E-state index is -0.586. The van der Waals surface area contributed by atoms with E-state index < -0.39 is 6.04 Å². The van der Waals surface area contributed by atoms with Gasteiger partial charge in [0.05, 0.1) is 6.26 Å². The molecule has 0 spiro atoms. The average Bonchev–Trinajstić information content (AvgIpc) is 3.25. The lowest BCUT2D eigenvalue weighted by molar-refractivity contribution is -0.134. The van der Waals surface area contributed by atoms with E-state index in [9.17, 15) is 9.59 Å². The van der Waals surface area contributed by atoms with Crippen molar-refractivity contribution < 1.29 is 14.0 Å². The Kier molecular flexibility index (Phi) is 4.46. The minimum absolute atomic E-state index is 0.0590. The Morgan fingerprint density at radius 2 is 1.96 bits per heavy atom. The number of carbonyl (C=O) groups excluding carboxylic acids is 2. The Morgan fingerprint density at radius 3 is 2.57 bits per heavy atom. The van der Waals surface area contributed by atoms with E-state index in [1.165, 1.54) is 6.26 Å². The van der Waals surface area contributed by atoms with Crippen molar-refractivity contribution in [1.82, 2.24) is 10.2 Å². The van der Waals surface area contributed by atoms with Crippen molar-refractivity contribution in [2.75, 3.05) is 0 Å². The van der Waals surface area contributed by atoms with E-state index in [-0.39, 0.29) is 23.6 Å². The highest BCUT2D eigenvalue weighted by molar-refractivity contribution is 5.95. The molecule has 1 unspecified atom stereocenters. The monoisotopic (exact) mass is 312 g/mol. The van der Waals surface area contributed by atoms with Crippen LogP contribution in [0.4, 0.5) is 0 Å². The Morgan fingerprint density at radius 1 is 1.22 bits per heavy atom. The van der Waals surface area contributed by atoms with Gasteiger partial charge in [0.2, 0.25) is 5.91 Å². The van der Waals surface area contributed by atoms with Crippen molar-refractivity contribution in [3.05, 3.63) is 60.1 Å². The molecule has 0 radical (unpaired) electrons. The molecule has 1 aliphatic rings. The van der Waals surface area contributed by atoms with E-state index in [1.807, 2.05) is 35.2 Å². The largest absolute Gasteiger partial charge is 0.459 e. The molecule has 5 heteroatoms. The number of hydrogen-bond acceptors (Lipinski definition) is 3. The molecule has 1 fully saturated rings. The predicted molar refractivity (Wildman–Crippen MR) is 85.7 cm³/mol. The minimum Gasteiger partial charge on any atom is -0.459 e. The van der Waals surface area contributed by atoms with Gasteiger partial charge in [0, 0.05) is 12.6 Å². The van der Waals surface area contributed by atoms with Crippen molar-refractivity contribution in [3.63, 3.8) is 0 Å². The molecule has 0 bridgehead atoms. The number of nitrogens with one attached hydrogen (secondary N) is 1. The van der Waals surface area contributed by atoms with Gasteiger partial charge in [-0.15, -0.1) is 0 Å². The fourth-order valence-corrected chi connectivity index (χ4v) is 2.54. The number of amides is 2. The molecular weight excluding hydrogens is 292 g/mol. The second-order valence-corrected chi connectivity index (χ2v) is 5.86. The first-order valence-electron chi connectivity index (χ1n) is 7.84. The van der Waals surface area contributed by atoms with Gasteiger partial charge in [-0.05, 0) is 37.5 Å². The summed E-state index contributed by atoms with van der Waals surface area (Å²) in [7, 11) is 0.